The van der Waals surface area contributed by atoms with Crippen LogP contribution in [0.25, 0.3) is 0 Å². The van der Waals surface area contributed by atoms with E-state index in [1.807, 2.05) is 6.92 Å². The fourth-order valence-corrected chi connectivity index (χ4v) is 6.48. The number of aryl methyl sites for hydroxylation is 1. The van der Waals surface area contributed by atoms with E-state index in [1.54, 1.807) is 26.0 Å². The quantitative estimate of drug-likeness (QED) is 0.124. The van der Waals surface area contributed by atoms with E-state index < -0.39 is 53.5 Å². The van der Waals surface area contributed by atoms with Crippen LogP contribution in [0, 0.1) is 23.0 Å². The number of halogens is 1. The third-order valence-corrected chi connectivity index (χ3v) is 8.98. The summed E-state index contributed by atoms with van der Waals surface area (Å²) < 4.78 is 64.2. The van der Waals surface area contributed by atoms with E-state index in [9.17, 15) is 31.7 Å². The van der Waals surface area contributed by atoms with Crippen molar-refractivity contribution in [2.75, 3.05) is 7.11 Å². The lowest BCUT2D eigenvalue weighted by Gasteiger charge is -2.20. The number of rotatable bonds is 12. The molecular formula is C26H27BrN4O9S2. The number of carbonyl (C=O) groups excluding carboxylic acids is 1. The van der Waals surface area contributed by atoms with Crippen molar-refractivity contribution in [3.63, 3.8) is 0 Å². The predicted octanol–water partition coefficient (Wildman–Crippen LogP) is 3.90. The Kier molecular flexibility index (Phi) is 10.4. The molecule has 3 aromatic rings. The lowest BCUT2D eigenvalue weighted by molar-refractivity contribution is -0.385. The van der Waals surface area contributed by atoms with Crippen molar-refractivity contribution in [3.05, 3.63) is 86.4 Å². The molecule has 16 heteroatoms. The number of ether oxygens (including phenoxy) is 1. The zero-order chi connectivity index (χ0) is 31.2. The van der Waals surface area contributed by atoms with Gasteiger partial charge in [0.1, 0.15) is 10.9 Å². The van der Waals surface area contributed by atoms with Gasteiger partial charge in [0.05, 0.1) is 27.6 Å². The number of non-ortho nitro benzene ring substituents is 1. The smallest absolute Gasteiger partial charge is 0.339 e. The van der Waals surface area contributed by atoms with Crippen LogP contribution in [0.3, 0.4) is 0 Å². The summed E-state index contributed by atoms with van der Waals surface area (Å²) >= 11 is 3.22. The molecule has 0 heterocycles. The third-order valence-electron chi connectivity index (χ3n) is 5.71. The van der Waals surface area contributed by atoms with Crippen molar-refractivity contribution in [2.24, 2.45) is 11.0 Å². The second-order valence-electron chi connectivity index (χ2n) is 9.22. The molecule has 224 valence electrons. The molecule has 3 aromatic carbocycles. The standard InChI is InChI=1S/C26H27BrN4O9S2/c1-16(2)24(30-41(35,36)20-10-8-17(3)9-11-20)26(32)29-28-15-18-12-22(27)25(23(13-18)39-4)40-42(37,38)21-7-5-6-19(14-21)31(33)34/h5-16,24,30H,1-4H3,(H,29,32)/b28-15-/t24-/m1/s1. The predicted molar refractivity (Wildman–Crippen MR) is 157 cm³/mol. The first-order valence-electron chi connectivity index (χ1n) is 12.1. The van der Waals surface area contributed by atoms with Crippen LogP contribution in [0.1, 0.15) is 25.0 Å². The number of nitrogens with zero attached hydrogens (tertiary/aromatic N) is 2. The highest BCUT2D eigenvalue weighted by molar-refractivity contribution is 9.10. The molecular weight excluding hydrogens is 656 g/mol. The number of benzene rings is 3. The van der Waals surface area contributed by atoms with Crippen LogP contribution in [0.15, 0.2) is 80.0 Å². The highest BCUT2D eigenvalue weighted by atomic mass is 79.9. The Balaban J connectivity index is 1.77. The molecule has 0 radical (unpaired) electrons. The molecule has 0 spiro atoms. The van der Waals surface area contributed by atoms with Gasteiger partial charge in [0.15, 0.2) is 11.5 Å². The van der Waals surface area contributed by atoms with E-state index in [0.29, 0.717) is 5.56 Å². The average Bonchev–Trinajstić information content (AvgIpc) is 2.93. The summed E-state index contributed by atoms with van der Waals surface area (Å²) in [7, 11) is -7.20. The minimum atomic E-state index is -4.48. The number of amides is 1. The zero-order valence-corrected chi connectivity index (χ0v) is 26.0. The fraction of sp³-hybridized carbons (Fsp3) is 0.231. The van der Waals surface area contributed by atoms with E-state index in [2.05, 4.69) is 31.2 Å². The molecule has 0 aliphatic heterocycles. The van der Waals surface area contributed by atoms with E-state index >= 15 is 0 Å². The van der Waals surface area contributed by atoms with Crippen LogP contribution < -0.4 is 19.1 Å². The van der Waals surface area contributed by atoms with Crippen molar-refractivity contribution in [1.29, 1.82) is 0 Å². The van der Waals surface area contributed by atoms with Gasteiger partial charge >= 0.3 is 10.1 Å². The van der Waals surface area contributed by atoms with Crippen LogP contribution in [-0.4, -0.2) is 47.0 Å². The first-order valence-corrected chi connectivity index (χ1v) is 15.8. The Morgan fingerprint density at radius 1 is 1.05 bits per heavy atom. The molecule has 0 fully saturated rings. The molecule has 0 bridgehead atoms. The molecule has 0 aliphatic rings. The maximum atomic E-state index is 12.8. The molecule has 0 aliphatic carbocycles. The SMILES string of the molecule is COc1cc(/C=N\NC(=O)[C@H](NS(=O)(=O)c2ccc(C)cc2)C(C)C)cc(Br)c1OS(=O)(=O)c1cccc([N+](=O)[O-])c1. The second-order valence-corrected chi connectivity index (χ2v) is 13.3. The van der Waals surface area contributed by atoms with Gasteiger partial charge in [0.2, 0.25) is 10.0 Å². The lowest BCUT2D eigenvalue weighted by Crippen LogP contribution is -2.48. The van der Waals surface area contributed by atoms with Crippen molar-refractivity contribution in [2.45, 2.75) is 36.6 Å². The maximum Gasteiger partial charge on any atom is 0.339 e. The highest BCUT2D eigenvalue weighted by Crippen LogP contribution is 2.38. The molecule has 1 amide bonds. The van der Waals surface area contributed by atoms with Crippen LogP contribution in [0.4, 0.5) is 5.69 Å². The molecule has 0 saturated carbocycles. The molecule has 3 rings (SSSR count). The molecule has 13 nitrogen and oxygen atoms in total. The molecule has 0 unspecified atom stereocenters. The zero-order valence-electron chi connectivity index (χ0n) is 22.8. The van der Waals surface area contributed by atoms with Gasteiger partial charge in [-0.25, -0.2) is 13.8 Å². The molecule has 42 heavy (non-hydrogen) atoms. The Bertz CT molecular complexity index is 1730. The topological polar surface area (TPSA) is 183 Å². The van der Waals surface area contributed by atoms with Gasteiger partial charge in [-0.15, -0.1) is 0 Å². The first-order chi connectivity index (χ1) is 19.6. The van der Waals surface area contributed by atoms with Gasteiger partial charge in [0, 0.05) is 12.1 Å². The minimum absolute atomic E-state index is 0.0156. The summed E-state index contributed by atoms with van der Waals surface area (Å²) in [5.41, 5.74) is 3.11. The summed E-state index contributed by atoms with van der Waals surface area (Å²) in [6.45, 7) is 5.17. The Labute approximate surface area is 251 Å². The normalized spacial score (nSPS) is 12.7. The van der Waals surface area contributed by atoms with Gasteiger partial charge in [-0.05, 0) is 64.7 Å². The first kappa shape index (κ1) is 32.7. The number of sulfonamides is 1. The van der Waals surface area contributed by atoms with Crippen molar-refractivity contribution < 1.29 is 35.5 Å². The molecule has 0 saturated heterocycles. The lowest BCUT2D eigenvalue weighted by atomic mass is 10.1. The Morgan fingerprint density at radius 2 is 1.71 bits per heavy atom. The summed E-state index contributed by atoms with van der Waals surface area (Å²) in [4.78, 5) is 22.7. The van der Waals surface area contributed by atoms with E-state index in [-0.39, 0.29) is 20.9 Å². The van der Waals surface area contributed by atoms with Crippen molar-refractivity contribution >= 4 is 53.9 Å². The number of methoxy groups -OCH3 is 1. The van der Waals surface area contributed by atoms with Crippen LogP contribution >= 0.6 is 15.9 Å². The van der Waals surface area contributed by atoms with Gasteiger partial charge < -0.3 is 8.92 Å². The van der Waals surface area contributed by atoms with Gasteiger partial charge in [0.25, 0.3) is 11.6 Å². The van der Waals surface area contributed by atoms with Gasteiger partial charge in [-0.1, -0.05) is 37.6 Å². The number of nitro benzene ring substituents is 1. The van der Waals surface area contributed by atoms with Crippen molar-refractivity contribution in [3.8, 4) is 11.5 Å². The summed E-state index contributed by atoms with van der Waals surface area (Å²) in [6, 6.07) is 12.2. The second kappa shape index (κ2) is 13.4. The van der Waals surface area contributed by atoms with E-state index in [1.165, 1.54) is 43.7 Å². The number of carbonyl (C=O) groups is 1. The molecule has 0 aromatic heterocycles. The largest absolute Gasteiger partial charge is 0.493 e. The summed E-state index contributed by atoms with van der Waals surface area (Å²) in [5, 5.41) is 14.9. The fourth-order valence-electron chi connectivity index (χ4n) is 3.49. The number of hydrazone groups is 1. The highest BCUT2D eigenvalue weighted by Gasteiger charge is 2.28. The third kappa shape index (κ3) is 8.12. The number of nitrogens with one attached hydrogen (secondary N) is 2. The monoisotopic (exact) mass is 682 g/mol. The number of hydrogen-bond acceptors (Lipinski definition) is 10. The summed E-state index contributed by atoms with van der Waals surface area (Å²) in [5.74, 6) is -1.38. The Hall–Kier alpha value is -3.86. The van der Waals surface area contributed by atoms with Gasteiger partial charge in [-0.2, -0.15) is 18.2 Å². The average molecular weight is 684 g/mol. The van der Waals surface area contributed by atoms with Crippen LogP contribution in [0.5, 0.6) is 11.5 Å². The number of nitro groups is 1. The van der Waals surface area contributed by atoms with E-state index in [0.717, 1.165) is 23.8 Å². The van der Waals surface area contributed by atoms with Crippen LogP contribution in [0.2, 0.25) is 0 Å². The molecule has 1 atom stereocenters. The minimum Gasteiger partial charge on any atom is -0.493 e. The van der Waals surface area contributed by atoms with Crippen LogP contribution in [-0.2, 0) is 24.9 Å². The van der Waals surface area contributed by atoms with Gasteiger partial charge in [-0.3, -0.25) is 14.9 Å². The number of hydrogen-bond donors (Lipinski definition) is 2. The maximum absolute atomic E-state index is 12.8. The summed E-state index contributed by atoms with van der Waals surface area (Å²) in [6.07, 6.45) is 1.23. The Morgan fingerprint density at radius 3 is 2.31 bits per heavy atom. The molecule has 2 N–H and O–H groups in total. The van der Waals surface area contributed by atoms with E-state index in [4.69, 9.17) is 8.92 Å². The van der Waals surface area contributed by atoms with Crippen molar-refractivity contribution in [1.82, 2.24) is 10.1 Å².